The maximum Gasteiger partial charge on any atom is 0.274 e. The average Bonchev–Trinajstić information content (AvgIpc) is 3.11. The SMILES string of the molecule is O=C(c1cccnn1)N1C[C@H](c2cc(F)cc(F)c2)[C@H]2[C@@H]1C1CCN2CC1. The predicted octanol–water partition coefficient (Wildman–Crippen LogP) is 2.46. The molecule has 6 rings (SSSR count). The van der Waals surface area contributed by atoms with E-state index in [0.29, 0.717) is 23.7 Å². The lowest BCUT2D eigenvalue weighted by molar-refractivity contribution is -0.00364. The molecule has 4 aliphatic rings. The molecule has 2 bridgehead atoms. The molecule has 7 heteroatoms. The van der Waals surface area contributed by atoms with Gasteiger partial charge in [0.25, 0.3) is 5.91 Å². The van der Waals surface area contributed by atoms with Crippen LogP contribution in [0.2, 0.25) is 0 Å². The van der Waals surface area contributed by atoms with Crippen molar-refractivity contribution in [1.29, 1.82) is 0 Å². The Balaban J connectivity index is 1.55. The van der Waals surface area contributed by atoms with Gasteiger partial charge in [-0.2, -0.15) is 5.10 Å². The van der Waals surface area contributed by atoms with E-state index < -0.39 is 11.6 Å². The second-order valence-electron chi connectivity index (χ2n) is 7.73. The van der Waals surface area contributed by atoms with Crippen molar-refractivity contribution >= 4 is 5.91 Å². The van der Waals surface area contributed by atoms with Gasteiger partial charge in [0, 0.05) is 30.8 Å². The van der Waals surface area contributed by atoms with E-state index in [0.717, 1.165) is 32.0 Å². The van der Waals surface area contributed by atoms with Crippen LogP contribution in [-0.4, -0.2) is 57.6 Å². The summed E-state index contributed by atoms with van der Waals surface area (Å²) in [6.07, 6.45) is 3.64. The molecule has 0 saturated carbocycles. The number of carbonyl (C=O) groups is 1. The summed E-state index contributed by atoms with van der Waals surface area (Å²) in [5, 5.41) is 7.80. The van der Waals surface area contributed by atoms with E-state index >= 15 is 0 Å². The van der Waals surface area contributed by atoms with Crippen LogP contribution in [0, 0.1) is 17.6 Å². The zero-order valence-corrected chi connectivity index (χ0v) is 14.8. The van der Waals surface area contributed by atoms with E-state index in [2.05, 4.69) is 15.1 Å². The van der Waals surface area contributed by atoms with E-state index in [-0.39, 0.29) is 23.9 Å². The van der Waals surface area contributed by atoms with Gasteiger partial charge in [0.15, 0.2) is 5.69 Å². The fourth-order valence-corrected chi connectivity index (χ4v) is 5.30. The molecule has 1 amide bonds. The number of benzene rings is 1. The van der Waals surface area contributed by atoms with Crippen LogP contribution >= 0.6 is 0 Å². The Labute approximate surface area is 156 Å². The van der Waals surface area contributed by atoms with Crippen molar-refractivity contribution in [3.63, 3.8) is 0 Å². The number of rotatable bonds is 2. The average molecular weight is 370 g/mol. The van der Waals surface area contributed by atoms with Crippen LogP contribution in [0.1, 0.15) is 34.8 Å². The van der Waals surface area contributed by atoms with Crippen LogP contribution in [0.4, 0.5) is 8.78 Å². The molecule has 1 aromatic carbocycles. The first-order valence-electron chi connectivity index (χ1n) is 9.40. The van der Waals surface area contributed by atoms with Crippen LogP contribution in [0.15, 0.2) is 36.5 Å². The monoisotopic (exact) mass is 370 g/mol. The molecule has 4 saturated heterocycles. The molecule has 5 heterocycles. The Morgan fingerprint density at radius 3 is 2.48 bits per heavy atom. The maximum atomic E-state index is 13.9. The molecule has 0 spiro atoms. The molecule has 3 atom stereocenters. The largest absolute Gasteiger partial charge is 0.332 e. The lowest BCUT2D eigenvalue weighted by Gasteiger charge is -2.51. The zero-order chi connectivity index (χ0) is 18.5. The van der Waals surface area contributed by atoms with Gasteiger partial charge in [-0.3, -0.25) is 9.69 Å². The summed E-state index contributed by atoms with van der Waals surface area (Å²) >= 11 is 0. The van der Waals surface area contributed by atoms with Crippen molar-refractivity contribution in [2.45, 2.75) is 30.8 Å². The zero-order valence-electron chi connectivity index (χ0n) is 14.8. The summed E-state index contributed by atoms with van der Waals surface area (Å²) in [5.74, 6) is -0.980. The van der Waals surface area contributed by atoms with E-state index in [1.165, 1.54) is 18.3 Å². The minimum Gasteiger partial charge on any atom is -0.332 e. The van der Waals surface area contributed by atoms with Gasteiger partial charge >= 0.3 is 0 Å². The van der Waals surface area contributed by atoms with E-state index in [9.17, 15) is 13.6 Å². The molecule has 0 N–H and O–H groups in total. The third-order valence-corrected chi connectivity index (χ3v) is 6.36. The summed E-state index contributed by atoms with van der Waals surface area (Å²) in [7, 11) is 0. The topological polar surface area (TPSA) is 49.3 Å². The van der Waals surface area contributed by atoms with Crippen molar-refractivity contribution in [3.05, 3.63) is 59.4 Å². The highest BCUT2D eigenvalue weighted by Gasteiger charge is 2.54. The number of likely N-dealkylation sites (tertiary alicyclic amines) is 1. The lowest BCUT2D eigenvalue weighted by atomic mass is 9.75. The van der Waals surface area contributed by atoms with Crippen molar-refractivity contribution in [2.75, 3.05) is 19.6 Å². The molecule has 0 aliphatic carbocycles. The van der Waals surface area contributed by atoms with Crippen LogP contribution < -0.4 is 0 Å². The minimum absolute atomic E-state index is 0.0540. The molecular weight excluding hydrogens is 350 g/mol. The Hall–Kier alpha value is -2.41. The normalized spacial score (nSPS) is 31.8. The predicted molar refractivity (Wildman–Crippen MR) is 94.0 cm³/mol. The van der Waals surface area contributed by atoms with Crippen LogP contribution in [0.3, 0.4) is 0 Å². The number of carbonyl (C=O) groups excluding carboxylic acids is 1. The fourth-order valence-electron chi connectivity index (χ4n) is 5.30. The maximum absolute atomic E-state index is 13.9. The third kappa shape index (κ3) is 2.72. The molecule has 1 aromatic heterocycles. The molecule has 2 aromatic rings. The molecule has 4 fully saturated rings. The van der Waals surface area contributed by atoms with Crippen molar-refractivity contribution in [3.8, 4) is 0 Å². The Kier molecular flexibility index (Phi) is 3.93. The summed E-state index contributed by atoms with van der Waals surface area (Å²) in [4.78, 5) is 17.4. The van der Waals surface area contributed by atoms with Gasteiger partial charge in [0.1, 0.15) is 11.6 Å². The van der Waals surface area contributed by atoms with E-state index in [1.807, 2.05) is 4.90 Å². The number of nitrogens with zero attached hydrogens (tertiary/aromatic N) is 4. The first-order valence-corrected chi connectivity index (χ1v) is 9.40. The quantitative estimate of drug-likeness (QED) is 0.815. The minimum atomic E-state index is -0.573. The number of amides is 1. The number of hydrogen-bond donors (Lipinski definition) is 0. The molecule has 0 unspecified atom stereocenters. The van der Waals surface area contributed by atoms with Crippen molar-refractivity contribution in [2.24, 2.45) is 5.92 Å². The Bertz CT molecular complexity index is 849. The van der Waals surface area contributed by atoms with E-state index in [4.69, 9.17) is 0 Å². The third-order valence-electron chi connectivity index (χ3n) is 6.36. The summed E-state index contributed by atoms with van der Waals surface area (Å²) in [6, 6.07) is 7.23. The van der Waals surface area contributed by atoms with Crippen LogP contribution in [0.25, 0.3) is 0 Å². The van der Waals surface area contributed by atoms with Gasteiger partial charge < -0.3 is 4.90 Å². The van der Waals surface area contributed by atoms with Crippen LogP contribution in [-0.2, 0) is 0 Å². The second-order valence-corrected chi connectivity index (χ2v) is 7.73. The summed E-state index contributed by atoms with van der Waals surface area (Å²) in [5.41, 5.74) is 0.947. The Morgan fingerprint density at radius 1 is 1.07 bits per heavy atom. The van der Waals surface area contributed by atoms with Gasteiger partial charge in [-0.15, -0.1) is 5.10 Å². The van der Waals surface area contributed by atoms with Gasteiger partial charge in [-0.05, 0) is 61.7 Å². The van der Waals surface area contributed by atoms with Crippen molar-refractivity contribution < 1.29 is 13.6 Å². The summed E-state index contributed by atoms with van der Waals surface area (Å²) in [6.45, 7) is 2.40. The summed E-state index contributed by atoms with van der Waals surface area (Å²) < 4.78 is 27.7. The molecular formula is C20H20F2N4O. The number of aromatic nitrogens is 2. The fraction of sp³-hybridized carbons (Fsp3) is 0.450. The van der Waals surface area contributed by atoms with Gasteiger partial charge in [-0.25, -0.2) is 8.78 Å². The molecule has 5 nitrogen and oxygen atoms in total. The number of fused-ring (bicyclic) bond motifs is 2. The number of hydrogen-bond acceptors (Lipinski definition) is 4. The highest BCUT2D eigenvalue weighted by Crippen LogP contribution is 2.47. The lowest BCUT2D eigenvalue weighted by Crippen LogP contribution is -2.60. The first kappa shape index (κ1) is 16.7. The van der Waals surface area contributed by atoms with Crippen LogP contribution in [0.5, 0.6) is 0 Å². The van der Waals surface area contributed by atoms with Gasteiger partial charge in [0.2, 0.25) is 0 Å². The molecule has 140 valence electrons. The van der Waals surface area contributed by atoms with E-state index in [1.54, 1.807) is 12.1 Å². The Morgan fingerprint density at radius 2 is 1.81 bits per heavy atom. The van der Waals surface area contributed by atoms with Crippen molar-refractivity contribution in [1.82, 2.24) is 20.0 Å². The van der Waals surface area contributed by atoms with Gasteiger partial charge in [0.05, 0.1) is 6.04 Å². The smallest absolute Gasteiger partial charge is 0.274 e. The number of halogens is 2. The number of piperidine rings is 3. The molecule has 4 aliphatic heterocycles. The highest BCUT2D eigenvalue weighted by atomic mass is 19.1. The molecule has 0 radical (unpaired) electrons. The van der Waals surface area contributed by atoms with Gasteiger partial charge in [-0.1, -0.05) is 0 Å². The highest BCUT2D eigenvalue weighted by molar-refractivity contribution is 5.92. The second kappa shape index (κ2) is 6.34. The standard InChI is InChI=1S/C20H20F2N4O/c21-14-8-13(9-15(22)10-14)16-11-26(20(27)17-2-1-5-23-24-17)18-12-3-6-25(7-4-12)19(16)18/h1-2,5,8-10,12,16,18-19H,3-4,6-7,11H2/t16-,18+,19+/m1/s1. The first-order chi connectivity index (χ1) is 13.1. The molecule has 27 heavy (non-hydrogen) atoms.